The predicted octanol–water partition coefficient (Wildman–Crippen LogP) is 4.13. The van der Waals surface area contributed by atoms with Crippen LogP contribution in [0.3, 0.4) is 0 Å². The highest BCUT2D eigenvalue weighted by molar-refractivity contribution is 9.10. The smallest absolute Gasteiger partial charge is 0.0898 e. The molecule has 84 valence electrons. The van der Waals surface area contributed by atoms with Crippen molar-refractivity contribution in [3.8, 4) is 0 Å². The van der Waals surface area contributed by atoms with Crippen LogP contribution in [0.15, 0.2) is 28.1 Å². The van der Waals surface area contributed by atoms with Gasteiger partial charge in [-0.2, -0.15) is 0 Å². The number of nitrogens with one attached hydrogen (secondary N) is 1. The van der Waals surface area contributed by atoms with E-state index in [0.29, 0.717) is 0 Å². The van der Waals surface area contributed by atoms with Gasteiger partial charge in [0.05, 0.1) is 17.2 Å². The third-order valence-corrected chi connectivity index (χ3v) is 3.99. The molecule has 1 aromatic carbocycles. The Kier molecular flexibility index (Phi) is 3.61. The van der Waals surface area contributed by atoms with Crippen LogP contribution < -0.4 is 5.32 Å². The number of hydrogen-bond donors (Lipinski definition) is 1. The molecule has 0 saturated heterocycles. The summed E-state index contributed by atoms with van der Waals surface area (Å²) in [5.74, 6) is 0. The van der Waals surface area contributed by atoms with Gasteiger partial charge in [0.2, 0.25) is 0 Å². The molecule has 0 unspecified atom stereocenters. The lowest BCUT2D eigenvalue weighted by Gasteiger charge is -2.06. The van der Waals surface area contributed by atoms with Gasteiger partial charge in [-0.05, 0) is 31.5 Å². The van der Waals surface area contributed by atoms with Gasteiger partial charge >= 0.3 is 0 Å². The van der Waals surface area contributed by atoms with E-state index in [9.17, 15) is 0 Å². The lowest BCUT2D eigenvalue weighted by Crippen LogP contribution is -1.99. The van der Waals surface area contributed by atoms with Gasteiger partial charge < -0.3 is 5.32 Å². The molecule has 0 spiro atoms. The summed E-state index contributed by atoms with van der Waals surface area (Å²) >= 11 is 5.21. The first kappa shape index (κ1) is 11.6. The molecule has 2 aromatic rings. The third-order valence-electron chi connectivity index (χ3n) is 2.31. The zero-order chi connectivity index (χ0) is 11.5. The van der Waals surface area contributed by atoms with Crippen LogP contribution in [-0.2, 0) is 6.54 Å². The molecule has 1 heterocycles. The number of aryl methyl sites for hydroxylation is 2. The molecule has 0 aliphatic heterocycles. The molecule has 0 aliphatic carbocycles. The van der Waals surface area contributed by atoms with Crippen LogP contribution in [0.1, 0.15) is 16.3 Å². The fourth-order valence-corrected chi connectivity index (χ4v) is 2.38. The third kappa shape index (κ3) is 2.83. The fourth-order valence-electron chi connectivity index (χ4n) is 1.38. The summed E-state index contributed by atoms with van der Waals surface area (Å²) in [4.78, 5) is 4.41. The maximum atomic E-state index is 4.41. The summed E-state index contributed by atoms with van der Waals surface area (Å²) in [5.41, 5.74) is 3.46. The number of nitrogens with zero attached hydrogens (tertiary/aromatic N) is 1. The van der Waals surface area contributed by atoms with E-state index in [4.69, 9.17) is 0 Å². The monoisotopic (exact) mass is 296 g/mol. The van der Waals surface area contributed by atoms with E-state index in [0.717, 1.165) is 27.4 Å². The first-order valence-corrected chi connectivity index (χ1v) is 6.73. The summed E-state index contributed by atoms with van der Waals surface area (Å²) in [6, 6.07) is 6.27. The van der Waals surface area contributed by atoms with Gasteiger partial charge in [0.1, 0.15) is 0 Å². The van der Waals surface area contributed by atoms with Gasteiger partial charge in [0.25, 0.3) is 0 Å². The molecular formula is C12H13BrN2S. The number of anilines is 1. The lowest BCUT2D eigenvalue weighted by atomic mass is 10.2. The summed E-state index contributed by atoms with van der Waals surface area (Å²) in [6.07, 6.45) is 0. The van der Waals surface area contributed by atoms with Crippen molar-refractivity contribution in [2.45, 2.75) is 20.4 Å². The minimum absolute atomic E-state index is 0.778. The molecule has 1 N–H and O–H groups in total. The Bertz CT molecular complexity index is 494. The first-order valence-electron chi connectivity index (χ1n) is 5.06. The highest BCUT2D eigenvalue weighted by atomic mass is 79.9. The summed E-state index contributed by atoms with van der Waals surface area (Å²) in [5, 5.41) is 6.56. The summed E-state index contributed by atoms with van der Waals surface area (Å²) in [6.45, 7) is 4.88. The van der Waals surface area contributed by atoms with Crippen LogP contribution in [0.2, 0.25) is 0 Å². The predicted molar refractivity (Wildman–Crippen MR) is 73.1 cm³/mol. The molecule has 0 aliphatic rings. The Hall–Kier alpha value is -0.870. The Morgan fingerprint density at radius 1 is 1.38 bits per heavy atom. The van der Waals surface area contributed by atoms with E-state index in [2.05, 4.69) is 56.7 Å². The normalized spacial score (nSPS) is 10.4. The minimum Gasteiger partial charge on any atom is -0.379 e. The number of rotatable bonds is 3. The van der Waals surface area contributed by atoms with E-state index >= 15 is 0 Å². The minimum atomic E-state index is 0.778. The van der Waals surface area contributed by atoms with Crippen LogP contribution in [0.25, 0.3) is 0 Å². The molecule has 2 nitrogen and oxygen atoms in total. The van der Waals surface area contributed by atoms with Crippen LogP contribution in [0.5, 0.6) is 0 Å². The van der Waals surface area contributed by atoms with E-state index < -0.39 is 0 Å². The highest BCUT2D eigenvalue weighted by Gasteiger charge is 2.00. The largest absolute Gasteiger partial charge is 0.379 e. The zero-order valence-corrected chi connectivity index (χ0v) is 11.7. The number of aromatic nitrogens is 1. The molecule has 0 bridgehead atoms. The molecule has 4 heteroatoms. The number of hydrogen-bond acceptors (Lipinski definition) is 3. The molecule has 0 radical (unpaired) electrons. The topological polar surface area (TPSA) is 24.9 Å². The first-order chi connectivity index (χ1) is 7.65. The molecule has 0 saturated carbocycles. The van der Waals surface area contributed by atoms with E-state index in [-0.39, 0.29) is 0 Å². The Morgan fingerprint density at radius 2 is 2.19 bits per heavy atom. The van der Waals surface area contributed by atoms with Gasteiger partial charge in [0, 0.05) is 15.5 Å². The van der Waals surface area contributed by atoms with Gasteiger partial charge in [-0.15, -0.1) is 11.3 Å². The molecule has 2 rings (SSSR count). The van der Waals surface area contributed by atoms with Crippen molar-refractivity contribution in [3.05, 3.63) is 44.3 Å². The molecule has 1 aromatic heterocycles. The maximum absolute atomic E-state index is 4.41. The van der Waals surface area contributed by atoms with Crippen molar-refractivity contribution >= 4 is 33.0 Å². The summed E-state index contributed by atoms with van der Waals surface area (Å²) < 4.78 is 1.13. The molecule has 0 atom stereocenters. The standard InChI is InChI=1S/C12H13BrN2S/c1-8-3-4-10(5-12(8)13)14-6-11-7-16-9(2)15-11/h3-5,7,14H,6H2,1-2H3. The lowest BCUT2D eigenvalue weighted by molar-refractivity contribution is 1.05. The van der Waals surface area contributed by atoms with Crippen LogP contribution >= 0.6 is 27.3 Å². The van der Waals surface area contributed by atoms with Crippen molar-refractivity contribution < 1.29 is 0 Å². The quantitative estimate of drug-likeness (QED) is 0.921. The average Bonchev–Trinajstić information content (AvgIpc) is 2.66. The number of thiazole rings is 1. The van der Waals surface area contributed by atoms with Crippen LogP contribution in [0.4, 0.5) is 5.69 Å². The number of halogens is 1. The van der Waals surface area contributed by atoms with Crippen LogP contribution in [0, 0.1) is 13.8 Å². The van der Waals surface area contributed by atoms with Gasteiger partial charge in [-0.1, -0.05) is 22.0 Å². The summed E-state index contributed by atoms with van der Waals surface area (Å²) in [7, 11) is 0. The van der Waals surface area contributed by atoms with E-state index in [1.165, 1.54) is 5.56 Å². The van der Waals surface area contributed by atoms with E-state index in [1.54, 1.807) is 11.3 Å². The Morgan fingerprint density at radius 3 is 2.81 bits per heavy atom. The SMILES string of the molecule is Cc1nc(CNc2ccc(C)c(Br)c2)cs1. The second-order valence-electron chi connectivity index (χ2n) is 3.68. The molecule has 0 amide bonds. The highest BCUT2D eigenvalue weighted by Crippen LogP contribution is 2.21. The molecular weight excluding hydrogens is 284 g/mol. The second-order valence-corrected chi connectivity index (χ2v) is 5.59. The van der Waals surface area contributed by atoms with Gasteiger partial charge in [-0.3, -0.25) is 0 Å². The van der Waals surface area contributed by atoms with Crippen molar-refractivity contribution in [1.82, 2.24) is 4.98 Å². The zero-order valence-electron chi connectivity index (χ0n) is 9.25. The molecule has 16 heavy (non-hydrogen) atoms. The molecule has 0 fully saturated rings. The van der Waals surface area contributed by atoms with Crippen molar-refractivity contribution in [3.63, 3.8) is 0 Å². The van der Waals surface area contributed by atoms with E-state index in [1.807, 2.05) is 6.92 Å². The van der Waals surface area contributed by atoms with Crippen molar-refractivity contribution in [2.75, 3.05) is 5.32 Å². The second kappa shape index (κ2) is 4.97. The average molecular weight is 297 g/mol. The fraction of sp³-hybridized carbons (Fsp3) is 0.250. The van der Waals surface area contributed by atoms with Crippen molar-refractivity contribution in [1.29, 1.82) is 0 Å². The maximum Gasteiger partial charge on any atom is 0.0898 e. The van der Waals surface area contributed by atoms with Gasteiger partial charge in [-0.25, -0.2) is 4.98 Å². The number of benzene rings is 1. The van der Waals surface area contributed by atoms with Crippen molar-refractivity contribution in [2.24, 2.45) is 0 Å². The Balaban J connectivity index is 2.02. The Labute approximate surface area is 108 Å². The van der Waals surface area contributed by atoms with Crippen LogP contribution in [-0.4, -0.2) is 4.98 Å². The van der Waals surface area contributed by atoms with Gasteiger partial charge in [0.15, 0.2) is 0 Å².